The molecule has 60 valence electrons. The van der Waals surface area contributed by atoms with E-state index in [-0.39, 0.29) is 12.4 Å². The zero-order valence-electron chi connectivity index (χ0n) is 6.52. The fourth-order valence-electron chi connectivity index (χ4n) is 1.83. The molecule has 0 aromatic heterocycles. The SMILES string of the molecule is CC1(C2CCCN2)CC1.Cl. The third kappa shape index (κ3) is 1.30. The van der Waals surface area contributed by atoms with Gasteiger partial charge in [0.15, 0.2) is 0 Å². The summed E-state index contributed by atoms with van der Waals surface area (Å²) in [5.74, 6) is 0. The van der Waals surface area contributed by atoms with Gasteiger partial charge >= 0.3 is 0 Å². The molecule has 2 rings (SSSR count). The fourth-order valence-corrected chi connectivity index (χ4v) is 1.83. The molecule has 1 saturated heterocycles. The van der Waals surface area contributed by atoms with Crippen molar-refractivity contribution in [3.63, 3.8) is 0 Å². The van der Waals surface area contributed by atoms with Crippen molar-refractivity contribution in [2.45, 2.75) is 38.6 Å². The summed E-state index contributed by atoms with van der Waals surface area (Å²) in [6, 6.07) is 0.873. The highest BCUT2D eigenvalue weighted by atomic mass is 35.5. The van der Waals surface area contributed by atoms with Crippen LogP contribution in [0.2, 0.25) is 0 Å². The van der Waals surface area contributed by atoms with Gasteiger partial charge in [-0.15, -0.1) is 12.4 Å². The van der Waals surface area contributed by atoms with Gasteiger partial charge in [0.05, 0.1) is 0 Å². The largest absolute Gasteiger partial charge is 0.313 e. The molecule has 1 saturated carbocycles. The summed E-state index contributed by atoms with van der Waals surface area (Å²) in [6.45, 7) is 3.68. The molecule has 0 bridgehead atoms. The molecule has 1 unspecified atom stereocenters. The highest BCUT2D eigenvalue weighted by Crippen LogP contribution is 2.50. The molecule has 2 aliphatic rings. The highest BCUT2D eigenvalue weighted by molar-refractivity contribution is 5.85. The molecule has 10 heavy (non-hydrogen) atoms. The van der Waals surface area contributed by atoms with Crippen molar-refractivity contribution in [3.05, 3.63) is 0 Å². The fraction of sp³-hybridized carbons (Fsp3) is 1.00. The molecule has 1 nitrogen and oxygen atoms in total. The molecule has 0 radical (unpaired) electrons. The van der Waals surface area contributed by atoms with Gasteiger partial charge in [0.25, 0.3) is 0 Å². The normalized spacial score (nSPS) is 35.1. The molecule has 0 amide bonds. The number of halogens is 1. The Labute approximate surface area is 69.0 Å². The van der Waals surface area contributed by atoms with E-state index in [0.717, 1.165) is 11.5 Å². The predicted octanol–water partition coefficient (Wildman–Crippen LogP) is 1.96. The third-order valence-electron chi connectivity index (χ3n) is 2.94. The van der Waals surface area contributed by atoms with Crippen molar-refractivity contribution >= 4 is 12.4 Å². The average molecular weight is 162 g/mol. The molecule has 1 heterocycles. The Balaban J connectivity index is 0.000000500. The first-order valence-corrected chi connectivity index (χ1v) is 4.05. The lowest BCUT2D eigenvalue weighted by Crippen LogP contribution is -2.29. The number of nitrogens with one attached hydrogen (secondary N) is 1. The van der Waals surface area contributed by atoms with Crippen LogP contribution in [0.1, 0.15) is 32.6 Å². The third-order valence-corrected chi connectivity index (χ3v) is 2.94. The van der Waals surface area contributed by atoms with E-state index in [0.29, 0.717) is 0 Å². The van der Waals surface area contributed by atoms with Crippen LogP contribution in [0.4, 0.5) is 0 Å². The minimum absolute atomic E-state index is 0. The Kier molecular flexibility index (Phi) is 2.26. The Bertz CT molecular complexity index is 114. The van der Waals surface area contributed by atoms with E-state index in [1.54, 1.807) is 0 Å². The van der Waals surface area contributed by atoms with Gasteiger partial charge in [-0.05, 0) is 37.6 Å². The van der Waals surface area contributed by atoms with Crippen molar-refractivity contribution in [1.82, 2.24) is 5.32 Å². The quantitative estimate of drug-likeness (QED) is 0.620. The van der Waals surface area contributed by atoms with Crippen molar-refractivity contribution < 1.29 is 0 Å². The number of hydrogen-bond donors (Lipinski definition) is 1. The van der Waals surface area contributed by atoms with E-state index in [4.69, 9.17) is 0 Å². The summed E-state index contributed by atoms with van der Waals surface area (Å²) in [5, 5.41) is 3.56. The molecule has 0 spiro atoms. The number of rotatable bonds is 1. The lowest BCUT2D eigenvalue weighted by Gasteiger charge is -2.16. The first-order valence-electron chi connectivity index (χ1n) is 4.05. The van der Waals surface area contributed by atoms with Gasteiger partial charge in [-0.3, -0.25) is 0 Å². The van der Waals surface area contributed by atoms with Gasteiger partial charge < -0.3 is 5.32 Å². The van der Waals surface area contributed by atoms with Gasteiger partial charge in [-0.25, -0.2) is 0 Å². The summed E-state index contributed by atoms with van der Waals surface area (Å²) in [6.07, 6.45) is 5.76. The second-order valence-corrected chi connectivity index (χ2v) is 3.80. The van der Waals surface area contributed by atoms with Crippen molar-refractivity contribution in [2.75, 3.05) is 6.54 Å². The van der Waals surface area contributed by atoms with Crippen LogP contribution in [0.15, 0.2) is 0 Å². The van der Waals surface area contributed by atoms with Crippen LogP contribution in [0.5, 0.6) is 0 Å². The second-order valence-electron chi connectivity index (χ2n) is 3.80. The minimum atomic E-state index is 0. The van der Waals surface area contributed by atoms with Crippen molar-refractivity contribution in [1.29, 1.82) is 0 Å². The maximum Gasteiger partial charge on any atom is 0.0121 e. The van der Waals surface area contributed by atoms with Crippen LogP contribution >= 0.6 is 12.4 Å². The van der Waals surface area contributed by atoms with Crippen LogP contribution in [0.25, 0.3) is 0 Å². The standard InChI is InChI=1S/C8H15N.ClH/c1-8(4-5-8)7-3-2-6-9-7;/h7,9H,2-6H2,1H3;1H. The summed E-state index contributed by atoms with van der Waals surface area (Å²) in [7, 11) is 0. The van der Waals surface area contributed by atoms with E-state index in [1.807, 2.05) is 0 Å². The van der Waals surface area contributed by atoms with E-state index < -0.39 is 0 Å². The highest BCUT2D eigenvalue weighted by Gasteiger charge is 2.45. The first kappa shape index (κ1) is 8.35. The summed E-state index contributed by atoms with van der Waals surface area (Å²) in [5.41, 5.74) is 0.719. The Morgan fingerprint density at radius 2 is 2.10 bits per heavy atom. The Morgan fingerprint density at radius 1 is 1.40 bits per heavy atom. The van der Waals surface area contributed by atoms with Gasteiger partial charge in [0.1, 0.15) is 0 Å². The molecule has 1 atom stereocenters. The van der Waals surface area contributed by atoms with Crippen LogP contribution in [0, 0.1) is 5.41 Å². The zero-order chi connectivity index (χ0) is 6.32. The van der Waals surface area contributed by atoms with Gasteiger partial charge in [0, 0.05) is 6.04 Å². The average Bonchev–Trinajstić information content (AvgIpc) is 2.46. The lowest BCUT2D eigenvalue weighted by molar-refractivity contribution is 0.400. The molecule has 0 aromatic carbocycles. The van der Waals surface area contributed by atoms with E-state index >= 15 is 0 Å². The van der Waals surface area contributed by atoms with E-state index in [1.165, 1.54) is 32.2 Å². The first-order chi connectivity index (χ1) is 4.31. The minimum Gasteiger partial charge on any atom is -0.313 e. The summed E-state index contributed by atoms with van der Waals surface area (Å²) in [4.78, 5) is 0. The van der Waals surface area contributed by atoms with Gasteiger partial charge in [-0.2, -0.15) is 0 Å². The second kappa shape index (κ2) is 2.71. The van der Waals surface area contributed by atoms with Crippen molar-refractivity contribution in [3.8, 4) is 0 Å². The van der Waals surface area contributed by atoms with Crippen LogP contribution < -0.4 is 5.32 Å². The maximum atomic E-state index is 3.56. The molecule has 1 aliphatic heterocycles. The summed E-state index contributed by atoms with van der Waals surface area (Å²) < 4.78 is 0. The number of hydrogen-bond acceptors (Lipinski definition) is 1. The van der Waals surface area contributed by atoms with Gasteiger partial charge in [-0.1, -0.05) is 6.92 Å². The van der Waals surface area contributed by atoms with Crippen molar-refractivity contribution in [2.24, 2.45) is 5.41 Å². The monoisotopic (exact) mass is 161 g/mol. The molecule has 1 N–H and O–H groups in total. The van der Waals surface area contributed by atoms with E-state index in [9.17, 15) is 0 Å². The molecule has 2 fully saturated rings. The molecule has 1 aliphatic carbocycles. The zero-order valence-corrected chi connectivity index (χ0v) is 7.34. The smallest absolute Gasteiger partial charge is 0.0121 e. The molecule has 0 aromatic rings. The summed E-state index contributed by atoms with van der Waals surface area (Å²) >= 11 is 0. The van der Waals surface area contributed by atoms with Crippen LogP contribution in [-0.2, 0) is 0 Å². The maximum absolute atomic E-state index is 3.56. The molecule has 2 heteroatoms. The molecular weight excluding hydrogens is 146 g/mol. The Morgan fingerprint density at radius 3 is 2.50 bits per heavy atom. The topological polar surface area (TPSA) is 12.0 Å². The predicted molar refractivity (Wildman–Crippen MR) is 45.6 cm³/mol. The van der Waals surface area contributed by atoms with Gasteiger partial charge in [0.2, 0.25) is 0 Å². The lowest BCUT2D eigenvalue weighted by atomic mass is 9.98. The van der Waals surface area contributed by atoms with Crippen LogP contribution in [-0.4, -0.2) is 12.6 Å². The Hall–Kier alpha value is 0.250. The van der Waals surface area contributed by atoms with Crippen LogP contribution in [0.3, 0.4) is 0 Å². The van der Waals surface area contributed by atoms with E-state index in [2.05, 4.69) is 12.2 Å². The molecular formula is C8H16ClN.